The molecule has 0 nitrogen and oxygen atoms in total. The molecule has 0 bridgehead atoms. The Morgan fingerprint density at radius 2 is 1.27 bits per heavy atom. The van der Waals surface area contributed by atoms with E-state index in [4.69, 9.17) is 0 Å². The molecule has 0 heteroatoms. The lowest BCUT2D eigenvalue weighted by Gasteiger charge is -2.31. The summed E-state index contributed by atoms with van der Waals surface area (Å²) < 4.78 is 0. The molecular weight excluding hydrogens is 589 g/mol. The van der Waals surface area contributed by atoms with Crippen molar-refractivity contribution in [2.45, 2.75) is 57.3 Å². The predicted octanol–water partition coefficient (Wildman–Crippen LogP) is 13.3. The van der Waals surface area contributed by atoms with Crippen molar-refractivity contribution in [3.63, 3.8) is 0 Å². The molecule has 7 aromatic carbocycles. The third kappa shape index (κ3) is 4.87. The van der Waals surface area contributed by atoms with Gasteiger partial charge in [-0.25, -0.2) is 0 Å². The van der Waals surface area contributed by atoms with Crippen molar-refractivity contribution >= 4 is 44.0 Å². The van der Waals surface area contributed by atoms with Crippen molar-refractivity contribution in [3.8, 4) is 0 Å². The summed E-state index contributed by atoms with van der Waals surface area (Å²) in [6.45, 7) is 7.17. The van der Waals surface area contributed by atoms with Crippen molar-refractivity contribution in [1.82, 2.24) is 0 Å². The van der Waals surface area contributed by atoms with Gasteiger partial charge in [0.2, 0.25) is 0 Å². The molecule has 7 aromatic rings. The molecule has 0 heterocycles. The number of fused-ring (bicyclic) bond motifs is 6. The lowest BCUT2D eigenvalue weighted by atomic mass is 9.72. The van der Waals surface area contributed by atoms with E-state index in [2.05, 4.69) is 172 Å². The van der Waals surface area contributed by atoms with Gasteiger partial charge in [-0.15, -0.1) is 0 Å². The fourth-order valence-corrected chi connectivity index (χ4v) is 10.1. The standard InChI is InChI=1S/C49H44/c1-32(29-46-33(2)40-26-25-36-17-10-11-22-43(36)48(40)45-24-13-12-23-44(45)46)37-18-14-19-38(30-37)42-28-27-41(35-15-6-4-7-16-35)34(3)49(31-47(42)49)39-20-8-5-9-21-39/h4-26,29-30,34,41-42,47H,27-28,31H2,1-3H3/b32-29+/t34?,41?,42?,47?,49-/m0/s1. The van der Waals surface area contributed by atoms with Crippen LogP contribution in [0.1, 0.15) is 78.3 Å². The number of hydrogen-bond acceptors (Lipinski definition) is 0. The van der Waals surface area contributed by atoms with Crippen LogP contribution in [0.25, 0.3) is 44.0 Å². The topological polar surface area (TPSA) is 0 Å². The lowest BCUT2D eigenvalue weighted by Crippen LogP contribution is -2.25. The molecular formula is C49H44. The minimum absolute atomic E-state index is 0.231. The summed E-state index contributed by atoms with van der Waals surface area (Å²) in [4.78, 5) is 0. The van der Waals surface area contributed by atoms with Crippen molar-refractivity contribution in [1.29, 1.82) is 0 Å². The molecule has 9 rings (SSSR count). The maximum Gasteiger partial charge on any atom is 0.00220 e. The van der Waals surface area contributed by atoms with E-state index in [-0.39, 0.29) is 5.41 Å². The highest BCUT2D eigenvalue weighted by Crippen LogP contribution is 2.69. The van der Waals surface area contributed by atoms with Crippen LogP contribution in [0.15, 0.2) is 146 Å². The van der Waals surface area contributed by atoms with Crippen LogP contribution in [0, 0.1) is 18.8 Å². The predicted molar refractivity (Wildman–Crippen MR) is 210 cm³/mol. The summed E-state index contributed by atoms with van der Waals surface area (Å²) in [5.41, 5.74) is 10.1. The SMILES string of the molecule is C/C(=C\c1c(C)c2ccc3ccccc3c2c2ccccc12)c1cccc(C2CCC(c3ccccc3)C(C)[C@]3(c4ccccc4)CC23)c1. The maximum absolute atomic E-state index is 2.55. The Morgan fingerprint density at radius 3 is 2.06 bits per heavy atom. The van der Waals surface area contributed by atoms with Gasteiger partial charge in [-0.05, 0) is 128 Å². The molecule has 2 aliphatic rings. The maximum atomic E-state index is 2.55. The first-order valence-corrected chi connectivity index (χ1v) is 18.3. The molecule has 4 unspecified atom stereocenters. The van der Waals surface area contributed by atoms with E-state index in [0.717, 1.165) is 0 Å². The van der Waals surface area contributed by atoms with Crippen molar-refractivity contribution in [2.24, 2.45) is 11.8 Å². The molecule has 240 valence electrons. The molecule has 2 fully saturated rings. The third-order valence-corrected chi connectivity index (χ3v) is 12.6. The monoisotopic (exact) mass is 632 g/mol. The molecule has 49 heavy (non-hydrogen) atoms. The summed E-state index contributed by atoms with van der Waals surface area (Å²) in [5, 5.41) is 8.00. The van der Waals surface area contributed by atoms with E-state index in [1.807, 2.05) is 0 Å². The second-order valence-corrected chi connectivity index (χ2v) is 15.0. The molecule has 0 N–H and O–H groups in total. The third-order valence-electron chi connectivity index (χ3n) is 12.6. The van der Waals surface area contributed by atoms with Crippen molar-refractivity contribution in [2.75, 3.05) is 0 Å². The highest BCUT2D eigenvalue weighted by atomic mass is 14.7. The smallest absolute Gasteiger partial charge is 0.00220 e. The molecule has 0 radical (unpaired) electrons. The molecule has 0 aliphatic heterocycles. The zero-order chi connectivity index (χ0) is 33.1. The zero-order valence-electron chi connectivity index (χ0n) is 28.9. The van der Waals surface area contributed by atoms with E-state index in [0.29, 0.717) is 23.7 Å². The Bertz CT molecular complexity index is 2360. The summed E-state index contributed by atoms with van der Waals surface area (Å²) in [6, 6.07) is 54.8. The van der Waals surface area contributed by atoms with Gasteiger partial charge in [0.15, 0.2) is 0 Å². The van der Waals surface area contributed by atoms with E-state index >= 15 is 0 Å². The largest absolute Gasteiger partial charge is 0.0622 e. The Labute approximate surface area is 291 Å². The second-order valence-electron chi connectivity index (χ2n) is 15.0. The molecule has 2 aliphatic carbocycles. The van der Waals surface area contributed by atoms with Gasteiger partial charge in [-0.3, -0.25) is 0 Å². The first-order valence-electron chi connectivity index (χ1n) is 18.3. The molecule has 0 aromatic heterocycles. The van der Waals surface area contributed by atoms with Gasteiger partial charge in [0.05, 0.1) is 0 Å². The number of aryl methyl sites for hydroxylation is 1. The average Bonchev–Trinajstić information content (AvgIpc) is 3.93. The van der Waals surface area contributed by atoms with Crippen LogP contribution in [0.4, 0.5) is 0 Å². The van der Waals surface area contributed by atoms with Gasteiger partial charge in [-0.1, -0.05) is 159 Å². The van der Waals surface area contributed by atoms with Gasteiger partial charge in [0.1, 0.15) is 0 Å². The van der Waals surface area contributed by atoms with Gasteiger partial charge in [0, 0.05) is 5.41 Å². The highest BCUT2D eigenvalue weighted by molar-refractivity contribution is 6.23. The molecule has 5 atom stereocenters. The van der Waals surface area contributed by atoms with Crippen LogP contribution in [0.2, 0.25) is 0 Å². The van der Waals surface area contributed by atoms with Crippen molar-refractivity contribution in [3.05, 3.63) is 179 Å². The van der Waals surface area contributed by atoms with Crippen molar-refractivity contribution < 1.29 is 0 Å². The van der Waals surface area contributed by atoms with E-state index in [9.17, 15) is 0 Å². The zero-order valence-corrected chi connectivity index (χ0v) is 28.9. The van der Waals surface area contributed by atoms with Gasteiger partial charge < -0.3 is 0 Å². The Kier molecular flexibility index (Phi) is 7.31. The van der Waals surface area contributed by atoms with Crippen LogP contribution < -0.4 is 0 Å². The van der Waals surface area contributed by atoms with Crippen LogP contribution in [-0.4, -0.2) is 0 Å². The normalized spacial score (nSPS) is 23.8. The fraction of sp³-hybridized carbons (Fsp3) is 0.224. The number of rotatable bonds is 5. The van der Waals surface area contributed by atoms with Gasteiger partial charge in [-0.2, -0.15) is 0 Å². The molecule has 2 saturated carbocycles. The number of hydrogen-bond donors (Lipinski definition) is 0. The van der Waals surface area contributed by atoms with E-state index in [1.54, 1.807) is 5.56 Å². The Morgan fingerprint density at radius 1 is 0.612 bits per heavy atom. The number of benzene rings is 7. The van der Waals surface area contributed by atoms with Gasteiger partial charge >= 0.3 is 0 Å². The minimum atomic E-state index is 0.231. The van der Waals surface area contributed by atoms with Crippen LogP contribution in [0.3, 0.4) is 0 Å². The van der Waals surface area contributed by atoms with Gasteiger partial charge in [0.25, 0.3) is 0 Å². The summed E-state index contributed by atoms with van der Waals surface area (Å²) in [5.74, 6) is 2.39. The minimum Gasteiger partial charge on any atom is -0.0622 e. The second kappa shape index (κ2) is 11.9. The quantitative estimate of drug-likeness (QED) is 0.131. The van der Waals surface area contributed by atoms with Crippen LogP contribution in [0.5, 0.6) is 0 Å². The first kappa shape index (κ1) is 30.1. The molecule has 0 saturated heterocycles. The highest BCUT2D eigenvalue weighted by Gasteiger charge is 2.63. The van der Waals surface area contributed by atoms with Crippen LogP contribution >= 0.6 is 0 Å². The first-order chi connectivity index (χ1) is 24.0. The Hall–Kier alpha value is -4.94. The molecule has 0 spiro atoms. The molecule has 0 amide bonds. The summed E-state index contributed by atoms with van der Waals surface area (Å²) in [6.07, 6.45) is 6.20. The van der Waals surface area contributed by atoms with E-state index in [1.165, 1.54) is 85.0 Å². The number of allylic oxidation sites excluding steroid dienone is 1. The lowest BCUT2D eigenvalue weighted by molar-refractivity contribution is 0.350. The van der Waals surface area contributed by atoms with Crippen LogP contribution in [-0.2, 0) is 5.41 Å². The Balaban J connectivity index is 1.13. The summed E-state index contributed by atoms with van der Waals surface area (Å²) >= 11 is 0. The average molecular weight is 633 g/mol. The fourth-order valence-electron chi connectivity index (χ4n) is 10.1. The van der Waals surface area contributed by atoms with E-state index < -0.39 is 0 Å². The summed E-state index contributed by atoms with van der Waals surface area (Å²) in [7, 11) is 0.